The van der Waals surface area contributed by atoms with Gasteiger partial charge in [0, 0.05) is 13.0 Å². The van der Waals surface area contributed by atoms with E-state index in [0.29, 0.717) is 19.4 Å². The first kappa shape index (κ1) is 22.9. The zero-order valence-electron chi connectivity index (χ0n) is 17.1. The van der Waals surface area contributed by atoms with Crippen LogP contribution in [0.3, 0.4) is 0 Å². The van der Waals surface area contributed by atoms with Crippen molar-refractivity contribution in [3.05, 3.63) is 59.7 Å². The molecule has 0 saturated carbocycles. The number of ether oxygens (including phenoxy) is 1. The Morgan fingerprint density at radius 3 is 2.21 bits per heavy atom. The second-order valence-electron chi connectivity index (χ2n) is 6.80. The smallest absolute Gasteiger partial charge is 0.240 e. The third-order valence-corrected chi connectivity index (χ3v) is 6.00. The predicted octanol–water partition coefficient (Wildman–Crippen LogP) is 3.07. The number of amides is 1. The zero-order chi connectivity index (χ0) is 21.1. The van der Waals surface area contributed by atoms with Gasteiger partial charge in [-0.3, -0.25) is 4.79 Å². The topological polar surface area (TPSA) is 84.5 Å². The van der Waals surface area contributed by atoms with Crippen LogP contribution in [0.5, 0.6) is 5.75 Å². The van der Waals surface area contributed by atoms with E-state index in [1.807, 2.05) is 24.3 Å². The van der Waals surface area contributed by atoms with Gasteiger partial charge < -0.3 is 10.1 Å². The fourth-order valence-electron chi connectivity index (χ4n) is 2.73. The predicted molar refractivity (Wildman–Crippen MR) is 115 cm³/mol. The summed E-state index contributed by atoms with van der Waals surface area (Å²) in [6, 6.07) is 14.5. The number of rotatable bonds is 12. The molecule has 0 atom stereocenters. The molecule has 1 amide bonds. The van der Waals surface area contributed by atoms with Crippen LogP contribution in [0, 0.1) is 0 Å². The van der Waals surface area contributed by atoms with Crippen molar-refractivity contribution in [2.75, 3.05) is 20.2 Å². The number of carbonyl (C=O) groups excluding carboxylic acids is 1. The molecule has 0 radical (unpaired) electrons. The van der Waals surface area contributed by atoms with Crippen LogP contribution in [0.2, 0.25) is 0 Å². The lowest BCUT2D eigenvalue weighted by atomic mass is 10.1. The van der Waals surface area contributed by atoms with Gasteiger partial charge in [0.2, 0.25) is 15.9 Å². The second kappa shape index (κ2) is 11.6. The van der Waals surface area contributed by atoms with Gasteiger partial charge in [-0.15, -0.1) is 0 Å². The van der Waals surface area contributed by atoms with E-state index < -0.39 is 10.0 Å². The Balaban J connectivity index is 1.69. The van der Waals surface area contributed by atoms with Crippen molar-refractivity contribution in [3.8, 4) is 5.75 Å². The fraction of sp³-hybridized carbons (Fsp3) is 0.409. The summed E-state index contributed by atoms with van der Waals surface area (Å²) >= 11 is 0. The van der Waals surface area contributed by atoms with Crippen LogP contribution < -0.4 is 14.8 Å². The minimum Gasteiger partial charge on any atom is -0.494 e. The van der Waals surface area contributed by atoms with Crippen LogP contribution in [0.4, 0.5) is 0 Å². The van der Waals surface area contributed by atoms with Gasteiger partial charge in [0.15, 0.2) is 0 Å². The molecule has 2 rings (SSSR count). The molecule has 0 aliphatic rings. The van der Waals surface area contributed by atoms with E-state index in [1.165, 1.54) is 7.05 Å². The summed E-state index contributed by atoms with van der Waals surface area (Å²) in [6.07, 6.45) is 3.85. The molecule has 2 aromatic carbocycles. The molecule has 29 heavy (non-hydrogen) atoms. The van der Waals surface area contributed by atoms with Gasteiger partial charge in [0.25, 0.3) is 0 Å². The summed E-state index contributed by atoms with van der Waals surface area (Å²) in [5.74, 6) is 0.858. The Hall–Kier alpha value is -2.38. The third-order valence-electron chi connectivity index (χ3n) is 4.57. The molecule has 0 aliphatic heterocycles. The number of hydrogen-bond acceptors (Lipinski definition) is 4. The molecule has 0 saturated heterocycles. The summed E-state index contributed by atoms with van der Waals surface area (Å²) in [7, 11) is -2.05. The maximum atomic E-state index is 12.0. The molecule has 0 fully saturated rings. The molecular weight excluding hydrogens is 388 g/mol. The van der Waals surface area contributed by atoms with Gasteiger partial charge in [-0.2, -0.15) is 0 Å². The standard InChI is InChI=1S/C22H30N2O4S/c1-3-4-17-28-20-10-5-19(6-11-20)15-16-24-22(25)14-9-18-7-12-21(13-8-18)29(26,27)23-2/h5-8,10-13,23H,3-4,9,14-17H2,1-2H3,(H,24,25). The molecule has 0 bridgehead atoms. The van der Waals surface area contributed by atoms with Crippen LogP contribution in [-0.2, 0) is 27.7 Å². The Kier molecular flexibility index (Phi) is 9.15. The molecule has 2 N–H and O–H groups in total. The summed E-state index contributed by atoms with van der Waals surface area (Å²) in [4.78, 5) is 12.3. The Morgan fingerprint density at radius 1 is 0.966 bits per heavy atom. The normalized spacial score (nSPS) is 11.2. The van der Waals surface area contributed by atoms with Crippen molar-refractivity contribution >= 4 is 15.9 Å². The molecule has 7 heteroatoms. The molecule has 6 nitrogen and oxygen atoms in total. The molecule has 2 aromatic rings. The summed E-state index contributed by atoms with van der Waals surface area (Å²) in [6.45, 7) is 3.45. The van der Waals surface area contributed by atoms with E-state index in [9.17, 15) is 13.2 Å². The third kappa shape index (κ3) is 7.87. The highest BCUT2D eigenvalue weighted by atomic mass is 32.2. The van der Waals surface area contributed by atoms with Crippen LogP contribution in [0.25, 0.3) is 0 Å². The van der Waals surface area contributed by atoms with Gasteiger partial charge >= 0.3 is 0 Å². The lowest BCUT2D eigenvalue weighted by Crippen LogP contribution is -2.25. The Labute approximate surface area is 173 Å². The SMILES string of the molecule is CCCCOc1ccc(CCNC(=O)CCc2ccc(S(=O)(=O)NC)cc2)cc1. The number of hydrogen-bond donors (Lipinski definition) is 2. The molecule has 0 aliphatic carbocycles. The molecule has 0 heterocycles. The van der Waals surface area contributed by atoms with Crippen LogP contribution in [0.15, 0.2) is 53.4 Å². The van der Waals surface area contributed by atoms with Crippen molar-refractivity contribution in [3.63, 3.8) is 0 Å². The van der Waals surface area contributed by atoms with E-state index in [4.69, 9.17) is 4.74 Å². The Morgan fingerprint density at radius 2 is 1.59 bits per heavy atom. The lowest BCUT2D eigenvalue weighted by molar-refractivity contribution is -0.121. The number of unbranched alkanes of at least 4 members (excludes halogenated alkanes) is 1. The van der Waals surface area contributed by atoms with Gasteiger partial charge in [-0.25, -0.2) is 13.1 Å². The zero-order valence-corrected chi connectivity index (χ0v) is 17.9. The summed E-state index contributed by atoms with van der Waals surface area (Å²) in [5.41, 5.74) is 2.07. The largest absolute Gasteiger partial charge is 0.494 e. The van der Waals surface area contributed by atoms with Gasteiger partial charge in [-0.1, -0.05) is 37.6 Å². The van der Waals surface area contributed by atoms with Crippen molar-refractivity contribution in [1.29, 1.82) is 0 Å². The van der Waals surface area contributed by atoms with Crippen molar-refractivity contribution in [1.82, 2.24) is 10.0 Å². The summed E-state index contributed by atoms with van der Waals surface area (Å²) in [5, 5.41) is 2.93. The van der Waals surface area contributed by atoms with E-state index in [0.717, 1.165) is 42.7 Å². The van der Waals surface area contributed by atoms with Crippen LogP contribution >= 0.6 is 0 Å². The van der Waals surface area contributed by atoms with Gasteiger partial charge in [-0.05, 0) is 61.7 Å². The molecule has 0 aromatic heterocycles. The average Bonchev–Trinajstić information content (AvgIpc) is 2.74. The first-order valence-corrected chi connectivity index (χ1v) is 11.4. The number of nitrogens with one attached hydrogen (secondary N) is 2. The number of carbonyl (C=O) groups is 1. The van der Waals surface area contributed by atoms with E-state index in [2.05, 4.69) is 17.0 Å². The van der Waals surface area contributed by atoms with Gasteiger partial charge in [0.05, 0.1) is 11.5 Å². The van der Waals surface area contributed by atoms with Crippen molar-refractivity contribution in [2.45, 2.75) is 43.9 Å². The Bertz CT molecular complexity index is 863. The quantitative estimate of drug-likeness (QED) is 0.519. The van der Waals surface area contributed by atoms with Gasteiger partial charge in [0.1, 0.15) is 5.75 Å². The minimum absolute atomic E-state index is 0.0172. The van der Waals surface area contributed by atoms with E-state index in [1.54, 1.807) is 24.3 Å². The van der Waals surface area contributed by atoms with Crippen LogP contribution in [0.1, 0.15) is 37.3 Å². The molecule has 0 unspecified atom stereocenters. The first-order valence-electron chi connectivity index (χ1n) is 9.95. The number of benzene rings is 2. The summed E-state index contributed by atoms with van der Waals surface area (Å²) < 4.78 is 31.3. The number of aryl methyl sites for hydroxylation is 1. The maximum Gasteiger partial charge on any atom is 0.240 e. The fourth-order valence-corrected chi connectivity index (χ4v) is 3.46. The minimum atomic E-state index is -3.43. The first-order chi connectivity index (χ1) is 13.9. The average molecular weight is 419 g/mol. The number of sulfonamides is 1. The molecular formula is C22H30N2O4S. The van der Waals surface area contributed by atoms with Crippen molar-refractivity contribution in [2.24, 2.45) is 0 Å². The second-order valence-corrected chi connectivity index (χ2v) is 8.68. The molecule has 0 spiro atoms. The lowest BCUT2D eigenvalue weighted by Gasteiger charge is -2.08. The van der Waals surface area contributed by atoms with E-state index >= 15 is 0 Å². The maximum absolute atomic E-state index is 12.0. The van der Waals surface area contributed by atoms with Crippen molar-refractivity contribution < 1.29 is 17.9 Å². The molecule has 158 valence electrons. The highest BCUT2D eigenvalue weighted by Gasteiger charge is 2.10. The van der Waals surface area contributed by atoms with Crippen LogP contribution in [-0.4, -0.2) is 34.5 Å². The van der Waals surface area contributed by atoms with E-state index in [-0.39, 0.29) is 10.8 Å². The monoisotopic (exact) mass is 418 g/mol. The highest BCUT2D eigenvalue weighted by Crippen LogP contribution is 2.13. The highest BCUT2D eigenvalue weighted by molar-refractivity contribution is 7.89.